The fourth-order valence-electron chi connectivity index (χ4n) is 1.50. The number of hydrogen-bond donors (Lipinski definition) is 3. The summed E-state index contributed by atoms with van der Waals surface area (Å²) in [5.74, 6) is -1.45. The molecule has 0 aliphatic heterocycles. The summed E-state index contributed by atoms with van der Waals surface area (Å²) < 4.78 is 12.9. The smallest absolute Gasteiger partial charge is 0.251 e. The lowest BCUT2D eigenvalue weighted by Crippen LogP contribution is -2.43. The summed E-state index contributed by atoms with van der Waals surface area (Å²) in [5.41, 5.74) is 0.162. The van der Waals surface area contributed by atoms with Gasteiger partial charge in [0.05, 0.1) is 6.54 Å². The standard InChI is InChI=1S/C14H19FN2O3/c1-9(8-18)10(2)17-13(19)7-16-14(20)11-4-3-5-12(15)6-11/h3-6,9-10,18H,7-8H2,1-2H3,(H,16,20)(H,17,19). The fraction of sp³-hybridized carbons (Fsp3) is 0.429. The maximum Gasteiger partial charge on any atom is 0.251 e. The molecule has 2 unspecified atom stereocenters. The minimum Gasteiger partial charge on any atom is -0.396 e. The van der Waals surface area contributed by atoms with Crippen LogP contribution in [0.15, 0.2) is 24.3 Å². The molecule has 0 spiro atoms. The van der Waals surface area contributed by atoms with Crippen LogP contribution in [0.1, 0.15) is 24.2 Å². The highest BCUT2D eigenvalue weighted by molar-refractivity contribution is 5.96. The summed E-state index contributed by atoms with van der Waals surface area (Å²) in [5, 5.41) is 14.0. The zero-order valence-corrected chi connectivity index (χ0v) is 11.5. The quantitative estimate of drug-likeness (QED) is 0.718. The first-order chi connectivity index (χ1) is 9.43. The Morgan fingerprint density at radius 3 is 2.65 bits per heavy atom. The average molecular weight is 282 g/mol. The van der Waals surface area contributed by atoms with E-state index < -0.39 is 11.7 Å². The van der Waals surface area contributed by atoms with Gasteiger partial charge in [0.25, 0.3) is 5.91 Å². The van der Waals surface area contributed by atoms with Crippen LogP contribution in [0, 0.1) is 11.7 Å². The predicted octanol–water partition coefficient (Wildman–Crippen LogP) is 0.689. The highest BCUT2D eigenvalue weighted by Crippen LogP contribution is 2.03. The van der Waals surface area contributed by atoms with Gasteiger partial charge in [-0.2, -0.15) is 0 Å². The van der Waals surface area contributed by atoms with Crippen molar-refractivity contribution in [2.75, 3.05) is 13.2 Å². The normalized spacial score (nSPS) is 13.4. The Hall–Kier alpha value is -1.95. The molecule has 110 valence electrons. The molecule has 20 heavy (non-hydrogen) atoms. The molecule has 2 atom stereocenters. The molecular formula is C14H19FN2O3. The molecule has 1 aromatic rings. The molecule has 0 bridgehead atoms. The first-order valence-corrected chi connectivity index (χ1v) is 6.38. The molecule has 1 rings (SSSR count). The Labute approximate surface area is 117 Å². The van der Waals surface area contributed by atoms with E-state index >= 15 is 0 Å². The van der Waals surface area contributed by atoms with Crippen molar-refractivity contribution in [2.24, 2.45) is 5.92 Å². The van der Waals surface area contributed by atoms with Gasteiger partial charge in [0, 0.05) is 18.2 Å². The number of amides is 2. The highest BCUT2D eigenvalue weighted by atomic mass is 19.1. The van der Waals surface area contributed by atoms with Crippen LogP contribution >= 0.6 is 0 Å². The van der Waals surface area contributed by atoms with E-state index in [2.05, 4.69) is 10.6 Å². The highest BCUT2D eigenvalue weighted by Gasteiger charge is 2.14. The van der Waals surface area contributed by atoms with Crippen molar-refractivity contribution >= 4 is 11.8 Å². The molecule has 0 aliphatic rings. The molecule has 3 N–H and O–H groups in total. The second-order valence-electron chi connectivity index (χ2n) is 4.71. The van der Waals surface area contributed by atoms with Gasteiger partial charge in [0.15, 0.2) is 0 Å². The number of halogens is 1. The summed E-state index contributed by atoms with van der Waals surface area (Å²) in [6.45, 7) is 3.35. The minimum atomic E-state index is -0.512. The van der Waals surface area contributed by atoms with Crippen molar-refractivity contribution in [1.29, 1.82) is 0 Å². The number of carbonyl (C=O) groups is 2. The first kappa shape index (κ1) is 16.1. The molecule has 6 heteroatoms. The second-order valence-corrected chi connectivity index (χ2v) is 4.71. The van der Waals surface area contributed by atoms with E-state index in [1.165, 1.54) is 18.2 Å². The Bertz CT molecular complexity index is 479. The second kappa shape index (κ2) is 7.59. The lowest BCUT2D eigenvalue weighted by Gasteiger charge is -2.19. The topological polar surface area (TPSA) is 78.4 Å². The van der Waals surface area contributed by atoms with Crippen LogP contribution in [0.25, 0.3) is 0 Å². The first-order valence-electron chi connectivity index (χ1n) is 6.38. The zero-order valence-electron chi connectivity index (χ0n) is 11.5. The molecule has 0 fully saturated rings. The lowest BCUT2D eigenvalue weighted by atomic mass is 10.1. The Balaban J connectivity index is 2.43. The van der Waals surface area contributed by atoms with E-state index in [9.17, 15) is 14.0 Å². The fourth-order valence-corrected chi connectivity index (χ4v) is 1.50. The SMILES string of the molecule is CC(CO)C(C)NC(=O)CNC(=O)c1cccc(F)c1. The van der Waals surface area contributed by atoms with Crippen LogP contribution in [0.2, 0.25) is 0 Å². The van der Waals surface area contributed by atoms with E-state index in [1.807, 2.05) is 0 Å². The van der Waals surface area contributed by atoms with Crippen molar-refractivity contribution in [3.8, 4) is 0 Å². The van der Waals surface area contributed by atoms with Crippen LogP contribution in [-0.2, 0) is 4.79 Å². The van der Waals surface area contributed by atoms with Crippen molar-refractivity contribution in [2.45, 2.75) is 19.9 Å². The molecule has 0 saturated carbocycles. The number of benzene rings is 1. The Kier molecular flexibility index (Phi) is 6.11. The molecule has 0 aromatic heterocycles. The molecule has 0 radical (unpaired) electrons. The van der Waals surface area contributed by atoms with Gasteiger partial charge in [-0.1, -0.05) is 13.0 Å². The van der Waals surface area contributed by atoms with Crippen LogP contribution in [0.5, 0.6) is 0 Å². The van der Waals surface area contributed by atoms with Crippen LogP contribution in [0.3, 0.4) is 0 Å². The maximum atomic E-state index is 12.9. The molecule has 0 aliphatic carbocycles. The summed E-state index contributed by atoms with van der Waals surface area (Å²) in [6.07, 6.45) is 0. The number of hydrogen-bond acceptors (Lipinski definition) is 3. The van der Waals surface area contributed by atoms with Crippen LogP contribution < -0.4 is 10.6 Å². The van der Waals surface area contributed by atoms with Crippen LogP contribution in [-0.4, -0.2) is 36.1 Å². The van der Waals surface area contributed by atoms with Gasteiger partial charge in [0.2, 0.25) is 5.91 Å². The number of aliphatic hydroxyl groups excluding tert-OH is 1. The Morgan fingerprint density at radius 1 is 1.35 bits per heavy atom. The average Bonchev–Trinajstić information content (AvgIpc) is 2.43. The molecule has 0 heterocycles. The summed E-state index contributed by atoms with van der Waals surface area (Å²) in [6, 6.07) is 5.03. The van der Waals surface area contributed by atoms with Crippen molar-refractivity contribution in [1.82, 2.24) is 10.6 Å². The molecule has 1 aromatic carbocycles. The summed E-state index contributed by atoms with van der Waals surface area (Å²) in [7, 11) is 0. The minimum absolute atomic E-state index is 0.0307. The van der Waals surface area contributed by atoms with E-state index in [-0.39, 0.29) is 36.6 Å². The number of nitrogens with one attached hydrogen (secondary N) is 2. The van der Waals surface area contributed by atoms with Crippen molar-refractivity contribution < 1.29 is 19.1 Å². The van der Waals surface area contributed by atoms with Gasteiger partial charge in [-0.05, 0) is 31.0 Å². The van der Waals surface area contributed by atoms with Gasteiger partial charge >= 0.3 is 0 Å². The van der Waals surface area contributed by atoms with Crippen molar-refractivity contribution in [3.05, 3.63) is 35.6 Å². The van der Waals surface area contributed by atoms with Gasteiger partial charge < -0.3 is 15.7 Å². The summed E-state index contributed by atoms with van der Waals surface area (Å²) in [4.78, 5) is 23.3. The monoisotopic (exact) mass is 282 g/mol. The summed E-state index contributed by atoms with van der Waals surface area (Å²) >= 11 is 0. The lowest BCUT2D eigenvalue weighted by molar-refractivity contribution is -0.121. The molecule has 5 nitrogen and oxygen atoms in total. The number of carbonyl (C=O) groups excluding carboxylic acids is 2. The van der Waals surface area contributed by atoms with Crippen molar-refractivity contribution in [3.63, 3.8) is 0 Å². The number of rotatable bonds is 6. The Morgan fingerprint density at radius 2 is 2.05 bits per heavy atom. The van der Waals surface area contributed by atoms with Gasteiger partial charge in [-0.25, -0.2) is 4.39 Å². The van der Waals surface area contributed by atoms with E-state index in [1.54, 1.807) is 13.8 Å². The molecule has 0 saturated heterocycles. The van der Waals surface area contributed by atoms with Gasteiger partial charge in [-0.3, -0.25) is 9.59 Å². The maximum absolute atomic E-state index is 12.9. The third kappa shape index (κ3) is 4.97. The third-order valence-electron chi connectivity index (χ3n) is 3.03. The molecule has 2 amide bonds. The number of aliphatic hydroxyl groups is 1. The van der Waals surface area contributed by atoms with Gasteiger partial charge in [-0.15, -0.1) is 0 Å². The predicted molar refractivity (Wildman–Crippen MR) is 72.6 cm³/mol. The van der Waals surface area contributed by atoms with E-state index in [4.69, 9.17) is 5.11 Å². The third-order valence-corrected chi connectivity index (χ3v) is 3.03. The van der Waals surface area contributed by atoms with Crippen LogP contribution in [0.4, 0.5) is 4.39 Å². The van der Waals surface area contributed by atoms with E-state index in [0.29, 0.717) is 0 Å². The zero-order chi connectivity index (χ0) is 15.1. The largest absolute Gasteiger partial charge is 0.396 e. The molecular weight excluding hydrogens is 263 g/mol. The van der Waals surface area contributed by atoms with E-state index in [0.717, 1.165) is 6.07 Å². The van der Waals surface area contributed by atoms with Gasteiger partial charge in [0.1, 0.15) is 5.82 Å².